The lowest BCUT2D eigenvalue weighted by molar-refractivity contribution is -0.118. The van der Waals surface area contributed by atoms with Gasteiger partial charge in [0.05, 0.1) is 0 Å². The standard InChI is InChI=1S/C11H15BrN2O/c12-10-5-2-1-4-9(10)8-14-7-3-6-11(13)15/h1-2,4-5,14H,3,6-8H2,(H2,13,15). The van der Waals surface area contributed by atoms with Gasteiger partial charge in [0.15, 0.2) is 0 Å². The fraction of sp³-hybridized carbons (Fsp3) is 0.364. The molecule has 3 N–H and O–H groups in total. The molecule has 1 aromatic rings. The smallest absolute Gasteiger partial charge is 0.217 e. The van der Waals surface area contributed by atoms with Crippen molar-refractivity contribution in [2.75, 3.05) is 6.54 Å². The number of amides is 1. The van der Waals surface area contributed by atoms with Crippen LogP contribution in [0, 0.1) is 0 Å². The Hall–Kier alpha value is -0.870. The normalized spacial score (nSPS) is 10.2. The van der Waals surface area contributed by atoms with Gasteiger partial charge in [-0.05, 0) is 24.6 Å². The molecule has 0 bridgehead atoms. The zero-order chi connectivity index (χ0) is 11.1. The first-order valence-electron chi connectivity index (χ1n) is 4.92. The van der Waals surface area contributed by atoms with Gasteiger partial charge >= 0.3 is 0 Å². The number of carbonyl (C=O) groups is 1. The number of hydrogen-bond donors (Lipinski definition) is 2. The van der Waals surface area contributed by atoms with Crippen molar-refractivity contribution >= 4 is 21.8 Å². The fourth-order valence-electron chi connectivity index (χ4n) is 1.25. The molecule has 3 nitrogen and oxygen atoms in total. The molecule has 4 heteroatoms. The van der Waals surface area contributed by atoms with Gasteiger partial charge in [-0.2, -0.15) is 0 Å². The molecule has 1 aromatic carbocycles. The zero-order valence-corrected chi connectivity index (χ0v) is 10.1. The second kappa shape index (κ2) is 6.58. The maximum atomic E-state index is 10.5. The molecule has 0 saturated carbocycles. The van der Waals surface area contributed by atoms with E-state index in [2.05, 4.69) is 27.3 Å². The predicted molar refractivity (Wildman–Crippen MR) is 64.3 cm³/mol. The summed E-state index contributed by atoms with van der Waals surface area (Å²) < 4.78 is 1.10. The van der Waals surface area contributed by atoms with Crippen LogP contribution in [0.3, 0.4) is 0 Å². The first-order valence-corrected chi connectivity index (χ1v) is 5.72. The highest BCUT2D eigenvalue weighted by molar-refractivity contribution is 9.10. The Kier molecular flexibility index (Phi) is 5.36. The van der Waals surface area contributed by atoms with Gasteiger partial charge in [-0.1, -0.05) is 34.1 Å². The van der Waals surface area contributed by atoms with Gasteiger partial charge < -0.3 is 11.1 Å². The number of rotatable bonds is 6. The highest BCUT2D eigenvalue weighted by Crippen LogP contribution is 2.15. The Balaban J connectivity index is 2.21. The molecule has 0 aliphatic rings. The molecule has 82 valence electrons. The third-order valence-electron chi connectivity index (χ3n) is 2.05. The molecule has 0 fully saturated rings. The van der Waals surface area contributed by atoms with E-state index in [0.29, 0.717) is 6.42 Å². The molecule has 0 aliphatic heterocycles. The molecule has 0 atom stereocenters. The van der Waals surface area contributed by atoms with E-state index in [0.717, 1.165) is 24.0 Å². The maximum Gasteiger partial charge on any atom is 0.217 e. The summed E-state index contributed by atoms with van der Waals surface area (Å²) >= 11 is 3.47. The van der Waals surface area contributed by atoms with Crippen molar-refractivity contribution < 1.29 is 4.79 Å². The molecule has 0 unspecified atom stereocenters. The van der Waals surface area contributed by atoms with Gasteiger partial charge in [0.25, 0.3) is 0 Å². The van der Waals surface area contributed by atoms with Gasteiger partial charge in [-0.15, -0.1) is 0 Å². The van der Waals surface area contributed by atoms with E-state index in [9.17, 15) is 4.79 Å². The van der Waals surface area contributed by atoms with Gasteiger partial charge in [0.2, 0.25) is 5.91 Å². The quantitative estimate of drug-likeness (QED) is 0.775. The molecule has 1 rings (SSSR count). The Morgan fingerprint density at radius 1 is 1.40 bits per heavy atom. The molecule has 0 saturated heterocycles. The van der Waals surface area contributed by atoms with E-state index in [4.69, 9.17) is 5.73 Å². The molecule has 15 heavy (non-hydrogen) atoms. The molecule has 0 aromatic heterocycles. The van der Waals surface area contributed by atoms with Crippen molar-refractivity contribution in [1.82, 2.24) is 5.32 Å². The predicted octanol–water partition coefficient (Wildman–Crippen LogP) is 1.80. The van der Waals surface area contributed by atoms with Crippen LogP contribution in [-0.2, 0) is 11.3 Å². The summed E-state index contributed by atoms with van der Waals surface area (Å²) in [6.07, 6.45) is 1.24. The largest absolute Gasteiger partial charge is 0.370 e. The van der Waals surface area contributed by atoms with E-state index in [1.807, 2.05) is 18.2 Å². The monoisotopic (exact) mass is 270 g/mol. The van der Waals surface area contributed by atoms with E-state index >= 15 is 0 Å². The molecule has 1 amide bonds. The molecular weight excluding hydrogens is 256 g/mol. The summed E-state index contributed by atoms with van der Waals surface area (Å²) in [6, 6.07) is 8.07. The minimum absolute atomic E-state index is 0.238. The average molecular weight is 271 g/mol. The van der Waals surface area contributed by atoms with Crippen LogP contribution >= 0.6 is 15.9 Å². The van der Waals surface area contributed by atoms with Crippen LogP contribution in [0.25, 0.3) is 0 Å². The van der Waals surface area contributed by atoms with Gasteiger partial charge in [-0.25, -0.2) is 0 Å². The summed E-state index contributed by atoms with van der Waals surface area (Å²) in [5, 5.41) is 3.26. The van der Waals surface area contributed by atoms with Crippen molar-refractivity contribution in [3.05, 3.63) is 34.3 Å². The number of primary amides is 1. The van der Waals surface area contributed by atoms with Gasteiger partial charge in [0.1, 0.15) is 0 Å². The molecule has 0 aliphatic carbocycles. The summed E-state index contributed by atoms with van der Waals surface area (Å²) in [7, 11) is 0. The molecule has 0 spiro atoms. The fourth-order valence-corrected chi connectivity index (χ4v) is 1.68. The summed E-state index contributed by atoms with van der Waals surface area (Å²) in [5.74, 6) is -0.238. The second-order valence-corrected chi connectivity index (χ2v) is 4.19. The van der Waals surface area contributed by atoms with Crippen molar-refractivity contribution in [2.24, 2.45) is 5.73 Å². The Morgan fingerprint density at radius 3 is 2.80 bits per heavy atom. The third kappa shape index (κ3) is 4.95. The van der Waals surface area contributed by atoms with Crippen LogP contribution in [-0.4, -0.2) is 12.5 Å². The minimum Gasteiger partial charge on any atom is -0.370 e. The first-order chi connectivity index (χ1) is 7.20. The lowest BCUT2D eigenvalue weighted by Gasteiger charge is -2.05. The van der Waals surface area contributed by atoms with Crippen LogP contribution in [0.5, 0.6) is 0 Å². The number of nitrogens with two attached hydrogens (primary N) is 1. The minimum atomic E-state index is -0.238. The maximum absolute atomic E-state index is 10.5. The van der Waals surface area contributed by atoms with E-state index in [-0.39, 0.29) is 5.91 Å². The lowest BCUT2D eigenvalue weighted by atomic mass is 10.2. The number of benzene rings is 1. The molecule has 0 radical (unpaired) electrons. The van der Waals surface area contributed by atoms with Crippen molar-refractivity contribution in [2.45, 2.75) is 19.4 Å². The van der Waals surface area contributed by atoms with Crippen LogP contribution in [0.2, 0.25) is 0 Å². The van der Waals surface area contributed by atoms with Crippen LogP contribution in [0.1, 0.15) is 18.4 Å². The van der Waals surface area contributed by atoms with Crippen LogP contribution < -0.4 is 11.1 Å². The lowest BCUT2D eigenvalue weighted by Crippen LogP contribution is -2.18. The number of halogens is 1. The van der Waals surface area contributed by atoms with Crippen molar-refractivity contribution in [1.29, 1.82) is 0 Å². The van der Waals surface area contributed by atoms with E-state index < -0.39 is 0 Å². The van der Waals surface area contributed by atoms with E-state index in [1.54, 1.807) is 0 Å². The highest BCUT2D eigenvalue weighted by Gasteiger charge is 1.98. The Morgan fingerprint density at radius 2 is 2.13 bits per heavy atom. The van der Waals surface area contributed by atoms with Crippen LogP contribution in [0.15, 0.2) is 28.7 Å². The Bertz CT molecular complexity index is 328. The Labute approximate surface area is 98.2 Å². The summed E-state index contributed by atoms with van der Waals surface area (Å²) in [6.45, 7) is 1.62. The van der Waals surface area contributed by atoms with Gasteiger partial charge in [0, 0.05) is 17.4 Å². The highest BCUT2D eigenvalue weighted by atomic mass is 79.9. The van der Waals surface area contributed by atoms with E-state index in [1.165, 1.54) is 5.56 Å². The summed E-state index contributed by atoms with van der Waals surface area (Å²) in [4.78, 5) is 10.5. The molecular formula is C11H15BrN2O. The second-order valence-electron chi connectivity index (χ2n) is 3.34. The van der Waals surface area contributed by atoms with Gasteiger partial charge in [-0.3, -0.25) is 4.79 Å². The number of nitrogens with one attached hydrogen (secondary N) is 1. The SMILES string of the molecule is NC(=O)CCCNCc1ccccc1Br. The topological polar surface area (TPSA) is 55.1 Å². The number of carbonyl (C=O) groups excluding carboxylic acids is 1. The average Bonchev–Trinajstić information content (AvgIpc) is 2.20. The first kappa shape index (κ1) is 12.2. The number of hydrogen-bond acceptors (Lipinski definition) is 2. The molecule has 0 heterocycles. The van der Waals surface area contributed by atoms with Crippen LogP contribution in [0.4, 0.5) is 0 Å². The third-order valence-corrected chi connectivity index (χ3v) is 2.82. The zero-order valence-electron chi connectivity index (χ0n) is 8.50. The van der Waals surface area contributed by atoms with Crippen molar-refractivity contribution in [3.8, 4) is 0 Å². The summed E-state index contributed by atoms with van der Waals surface area (Å²) in [5.41, 5.74) is 6.25. The van der Waals surface area contributed by atoms with Crippen molar-refractivity contribution in [3.63, 3.8) is 0 Å².